The first-order chi connectivity index (χ1) is 6.00. The molecule has 2 rings (SSSR count). The van der Waals surface area contributed by atoms with Gasteiger partial charge in [0.2, 0.25) is 0 Å². The maximum atomic E-state index is 5.01. The first-order valence-electron chi connectivity index (χ1n) is 4.99. The molecule has 2 fully saturated rings. The van der Waals surface area contributed by atoms with Crippen LogP contribution >= 0.6 is 0 Å². The molecule has 0 aromatic heterocycles. The summed E-state index contributed by atoms with van der Waals surface area (Å²) in [7, 11) is 0. The average Bonchev–Trinajstić information content (AvgIpc) is 2.24. The van der Waals surface area contributed by atoms with Crippen molar-refractivity contribution in [1.82, 2.24) is 10.6 Å². The van der Waals surface area contributed by atoms with Gasteiger partial charge in [-0.3, -0.25) is 0 Å². The van der Waals surface area contributed by atoms with Gasteiger partial charge in [-0.2, -0.15) is 0 Å². The highest BCUT2D eigenvalue weighted by Gasteiger charge is 1.94. The van der Waals surface area contributed by atoms with E-state index in [-0.39, 0.29) is 0 Å². The molecule has 0 amide bonds. The minimum atomic E-state index is 0.889. The summed E-state index contributed by atoms with van der Waals surface area (Å²) >= 11 is 0. The van der Waals surface area contributed by atoms with Crippen molar-refractivity contribution >= 4 is 0 Å². The Bertz CT molecular complexity index is 55.5. The summed E-state index contributed by atoms with van der Waals surface area (Å²) in [5, 5.41) is 6.44. The van der Waals surface area contributed by atoms with E-state index in [1.54, 1.807) is 0 Å². The number of nitrogens with one attached hydrogen (secondary N) is 2. The minimum absolute atomic E-state index is 0.889. The van der Waals surface area contributed by atoms with Crippen LogP contribution < -0.4 is 10.6 Å². The lowest BCUT2D eigenvalue weighted by Crippen LogP contribution is -2.30. The third-order valence-corrected chi connectivity index (χ3v) is 2.05. The Kier molecular flexibility index (Phi) is 6.25. The zero-order chi connectivity index (χ0) is 8.49. The molecule has 0 unspecified atom stereocenters. The van der Waals surface area contributed by atoms with Gasteiger partial charge in [-0.15, -0.1) is 0 Å². The van der Waals surface area contributed by atoms with E-state index >= 15 is 0 Å². The van der Waals surface area contributed by atoms with Crippen molar-refractivity contribution in [3.63, 3.8) is 0 Å². The van der Waals surface area contributed by atoms with Gasteiger partial charge in [-0.05, 0) is 25.9 Å². The zero-order valence-corrected chi connectivity index (χ0v) is 7.77. The summed E-state index contributed by atoms with van der Waals surface area (Å²) in [6, 6.07) is 0. The Hall–Kier alpha value is -0.120. The Balaban J connectivity index is 0.000000120. The molecule has 3 heteroatoms. The van der Waals surface area contributed by atoms with Gasteiger partial charge < -0.3 is 15.4 Å². The predicted octanol–water partition coefficient (Wildman–Crippen LogP) is 0.366. The monoisotopic (exact) mass is 172 g/mol. The number of piperidine rings is 1. The van der Waals surface area contributed by atoms with Crippen LogP contribution in [0.15, 0.2) is 0 Å². The largest absolute Gasteiger partial charge is 0.379 e. The van der Waals surface area contributed by atoms with Gasteiger partial charge in [0.25, 0.3) is 0 Å². The average molecular weight is 172 g/mol. The molecule has 2 aliphatic rings. The molecular weight excluding hydrogens is 152 g/mol. The smallest absolute Gasteiger partial charge is 0.0591 e. The molecular formula is C9H20N2O. The van der Waals surface area contributed by atoms with Crippen LogP contribution in [0.5, 0.6) is 0 Å². The van der Waals surface area contributed by atoms with Crippen LogP contribution in [-0.4, -0.2) is 39.4 Å². The second kappa shape index (κ2) is 7.53. The number of morpholine rings is 1. The van der Waals surface area contributed by atoms with Crippen LogP contribution in [0.1, 0.15) is 19.3 Å². The van der Waals surface area contributed by atoms with Gasteiger partial charge in [0.15, 0.2) is 0 Å². The van der Waals surface area contributed by atoms with Gasteiger partial charge in [-0.1, -0.05) is 6.42 Å². The van der Waals surface area contributed by atoms with Gasteiger partial charge in [-0.25, -0.2) is 0 Å². The highest BCUT2D eigenvalue weighted by atomic mass is 16.5. The maximum Gasteiger partial charge on any atom is 0.0591 e. The molecule has 2 saturated heterocycles. The van der Waals surface area contributed by atoms with Crippen molar-refractivity contribution in [1.29, 1.82) is 0 Å². The molecule has 0 saturated carbocycles. The van der Waals surface area contributed by atoms with Crippen LogP contribution in [0, 0.1) is 0 Å². The van der Waals surface area contributed by atoms with Crippen LogP contribution in [-0.2, 0) is 4.74 Å². The van der Waals surface area contributed by atoms with E-state index in [4.69, 9.17) is 4.74 Å². The molecule has 72 valence electrons. The summed E-state index contributed by atoms with van der Waals surface area (Å²) in [6.45, 7) is 6.33. The minimum Gasteiger partial charge on any atom is -0.379 e. The fourth-order valence-electron chi connectivity index (χ4n) is 1.32. The van der Waals surface area contributed by atoms with Crippen LogP contribution in [0.25, 0.3) is 0 Å². The summed E-state index contributed by atoms with van der Waals surface area (Å²) in [5.41, 5.74) is 0. The molecule has 0 atom stereocenters. The summed E-state index contributed by atoms with van der Waals surface area (Å²) in [4.78, 5) is 0. The second-order valence-electron chi connectivity index (χ2n) is 3.17. The van der Waals surface area contributed by atoms with Crippen molar-refractivity contribution in [3.8, 4) is 0 Å². The summed E-state index contributed by atoms with van der Waals surface area (Å²) in [5.74, 6) is 0. The lowest BCUT2D eigenvalue weighted by molar-refractivity contribution is 0.109. The quantitative estimate of drug-likeness (QED) is 0.554. The third-order valence-electron chi connectivity index (χ3n) is 2.05. The topological polar surface area (TPSA) is 33.3 Å². The van der Waals surface area contributed by atoms with Crippen molar-refractivity contribution in [3.05, 3.63) is 0 Å². The Morgan fingerprint density at radius 1 is 0.667 bits per heavy atom. The molecule has 0 radical (unpaired) electrons. The van der Waals surface area contributed by atoms with Gasteiger partial charge in [0.05, 0.1) is 13.2 Å². The molecule has 0 bridgehead atoms. The van der Waals surface area contributed by atoms with Crippen LogP contribution in [0.2, 0.25) is 0 Å². The highest BCUT2D eigenvalue weighted by molar-refractivity contribution is 4.55. The van der Waals surface area contributed by atoms with Crippen molar-refractivity contribution < 1.29 is 4.74 Å². The van der Waals surface area contributed by atoms with E-state index in [0.717, 1.165) is 26.3 Å². The van der Waals surface area contributed by atoms with Crippen molar-refractivity contribution in [2.45, 2.75) is 19.3 Å². The third kappa shape index (κ3) is 5.52. The Morgan fingerprint density at radius 2 is 1.25 bits per heavy atom. The lowest BCUT2D eigenvalue weighted by atomic mass is 10.2. The van der Waals surface area contributed by atoms with Crippen molar-refractivity contribution in [2.75, 3.05) is 39.4 Å². The molecule has 2 heterocycles. The SMILES string of the molecule is C1CCNCC1.C1COCCN1. The van der Waals surface area contributed by atoms with E-state index in [1.165, 1.54) is 32.4 Å². The molecule has 3 nitrogen and oxygen atoms in total. The number of rotatable bonds is 0. The molecule has 0 aromatic carbocycles. The van der Waals surface area contributed by atoms with E-state index in [1.807, 2.05) is 0 Å². The first kappa shape index (κ1) is 9.96. The fourth-order valence-corrected chi connectivity index (χ4v) is 1.32. The first-order valence-corrected chi connectivity index (χ1v) is 4.99. The molecule has 0 spiro atoms. The second-order valence-corrected chi connectivity index (χ2v) is 3.17. The van der Waals surface area contributed by atoms with E-state index in [2.05, 4.69) is 10.6 Å². The maximum absolute atomic E-state index is 5.01. The van der Waals surface area contributed by atoms with E-state index in [9.17, 15) is 0 Å². The van der Waals surface area contributed by atoms with Crippen molar-refractivity contribution in [2.24, 2.45) is 0 Å². The Labute approximate surface area is 74.9 Å². The molecule has 2 N–H and O–H groups in total. The van der Waals surface area contributed by atoms with Crippen LogP contribution in [0.3, 0.4) is 0 Å². The standard InChI is InChI=1S/C5H11N.C4H9NO/c1-2-4-6-5-3-1;1-3-6-4-2-5-1/h6H,1-5H2;5H,1-4H2. The van der Waals surface area contributed by atoms with E-state index in [0.29, 0.717) is 0 Å². The number of ether oxygens (including phenoxy) is 1. The number of hydrogen-bond donors (Lipinski definition) is 2. The molecule has 0 aromatic rings. The number of hydrogen-bond acceptors (Lipinski definition) is 3. The van der Waals surface area contributed by atoms with Gasteiger partial charge in [0.1, 0.15) is 0 Å². The lowest BCUT2D eigenvalue weighted by Gasteiger charge is -2.10. The molecule has 12 heavy (non-hydrogen) atoms. The molecule has 0 aliphatic carbocycles. The fraction of sp³-hybridized carbons (Fsp3) is 1.00. The molecule has 2 aliphatic heterocycles. The summed E-state index contributed by atoms with van der Waals surface area (Å²) < 4.78 is 5.01. The highest BCUT2D eigenvalue weighted by Crippen LogP contribution is 1.96. The Morgan fingerprint density at radius 3 is 1.42 bits per heavy atom. The van der Waals surface area contributed by atoms with Crippen LogP contribution in [0.4, 0.5) is 0 Å². The zero-order valence-electron chi connectivity index (χ0n) is 7.77. The van der Waals surface area contributed by atoms with E-state index < -0.39 is 0 Å². The normalized spacial score (nSPS) is 24.0. The van der Waals surface area contributed by atoms with Gasteiger partial charge >= 0.3 is 0 Å². The summed E-state index contributed by atoms with van der Waals surface area (Å²) in [6.07, 6.45) is 4.22. The predicted molar refractivity (Wildman–Crippen MR) is 50.4 cm³/mol. The van der Waals surface area contributed by atoms with Gasteiger partial charge in [0, 0.05) is 13.1 Å².